The van der Waals surface area contributed by atoms with Crippen LogP contribution < -0.4 is 16.4 Å². The van der Waals surface area contributed by atoms with Crippen LogP contribution in [0.25, 0.3) is 0 Å². The second kappa shape index (κ2) is 11.3. The van der Waals surface area contributed by atoms with E-state index < -0.39 is 6.04 Å². The molecule has 2 fully saturated rings. The van der Waals surface area contributed by atoms with Gasteiger partial charge in [-0.1, -0.05) is 49.6 Å². The summed E-state index contributed by atoms with van der Waals surface area (Å²) in [7, 11) is 0. The average molecular weight is 409 g/mol. The van der Waals surface area contributed by atoms with Crippen LogP contribution in [0.5, 0.6) is 0 Å². The van der Waals surface area contributed by atoms with Crippen molar-refractivity contribution in [2.45, 2.75) is 69.5 Å². The lowest BCUT2D eigenvalue weighted by atomic mass is 9.96. The van der Waals surface area contributed by atoms with E-state index in [-0.39, 0.29) is 30.4 Å². The number of carbonyl (C=O) groups excluding carboxylic acids is 2. The molecule has 1 saturated heterocycles. The molecule has 7 heteroatoms. The number of hydrogen-bond donors (Lipinski definition) is 3. The van der Waals surface area contributed by atoms with Gasteiger partial charge in [-0.25, -0.2) is 4.79 Å². The first-order valence-corrected chi connectivity index (χ1v) is 10.3. The number of benzene rings is 1. The quantitative estimate of drug-likeness (QED) is 0.699. The van der Waals surface area contributed by atoms with Crippen molar-refractivity contribution in [3.63, 3.8) is 0 Å². The maximum absolute atomic E-state index is 12.6. The normalized spacial score (nSPS) is 19.4. The molecule has 0 radical (unpaired) electrons. The highest BCUT2D eigenvalue weighted by molar-refractivity contribution is 5.85. The predicted octanol–water partition coefficient (Wildman–Crippen LogP) is 2.60. The molecule has 0 aromatic heterocycles. The van der Waals surface area contributed by atoms with E-state index in [1.165, 1.54) is 19.3 Å². The maximum Gasteiger partial charge on any atom is 0.315 e. The first-order chi connectivity index (χ1) is 13.1. The van der Waals surface area contributed by atoms with E-state index in [1.807, 2.05) is 35.2 Å². The van der Waals surface area contributed by atoms with Gasteiger partial charge >= 0.3 is 6.03 Å². The van der Waals surface area contributed by atoms with Crippen LogP contribution in [0.4, 0.5) is 4.79 Å². The summed E-state index contributed by atoms with van der Waals surface area (Å²) in [5.74, 6) is 0.00367. The fourth-order valence-electron chi connectivity index (χ4n) is 4.09. The first-order valence-electron chi connectivity index (χ1n) is 10.3. The molecule has 4 N–H and O–H groups in total. The SMILES string of the molecule is Cl.N[C@@H](Cc1ccccc1)C(=O)N1CCC(NC(=O)NC2CCCCC2)CC1. The Labute approximate surface area is 174 Å². The topological polar surface area (TPSA) is 87.5 Å². The minimum absolute atomic E-state index is 0. The van der Waals surface area contributed by atoms with Crippen molar-refractivity contribution in [1.29, 1.82) is 0 Å². The first kappa shape index (κ1) is 22.5. The maximum atomic E-state index is 12.6. The third kappa shape index (κ3) is 6.67. The number of urea groups is 1. The van der Waals surface area contributed by atoms with Crippen LogP contribution in [0.1, 0.15) is 50.5 Å². The molecule has 156 valence electrons. The highest BCUT2D eigenvalue weighted by Gasteiger charge is 2.27. The number of halogens is 1. The summed E-state index contributed by atoms with van der Waals surface area (Å²) in [6.45, 7) is 1.30. The molecular weight excluding hydrogens is 376 g/mol. The van der Waals surface area contributed by atoms with Gasteiger partial charge in [0.15, 0.2) is 0 Å². The molecule has 0 unspecified atom stereocenters. The highest BCUT2D eigenvalue weighted by Crippen LogP contribution is 2.17. The molecular formula is C21H33ClN4O2. The molecule has 2 aliphatic rings. The van der Waals surface area contributed by atoms with Crippen LogP contribution in [0.2, 0.25) is 0 Å². The molecule has 1 aromatic rings. The Hall–Kier alpha value is -1.79. The van der Waals surface area contributed by atoms with Gasteiger partial charge < -0.3 is 21.3 Å². The Kier molecular flexibility index (Phi) is 9.06. The molecule has 0 spiro atoms. The zero-order valence-electron chi connectivity index (χ0n) is 16.4. The third-order valence-corrected chi connectivity index (χ3v) is 5.70. The Morgan fingerprint density at radius 3 is 2.14 bits per heavy atom. The zero-order chi connectivity index (χ0) is 19.1. The fourth-order valence-corrected chi connectivity index (χ4v) is 4.09. The number of amides is 3. The Balaban J connectivity index is 0.00000280. The molecule has 1 aliphatic heterocycles. The molecule has 1 heterocycles. The molecule has 1 atom stereocenters. The highest BCUT2D eigenvalue weighted by atomic mass is 35.5. The van der Waals surface area contributed by atoms with Gasteiger partial charge in [0.25, 0.3) is 0 Å². The van der Waals surface area contributed by atoms with Crippen molar-refractivity contribution in [3.05, 3.63) is 35.9 Å². The lowest BCUT2D eigenvalue weighted by Gasteiger charge is -2.34. The van der Waals surface area contributed by atoms with Crippen molar-refractivity contribution in [2.24, 2.45) is 5.73 Å². The predicted molar refractivity (Wildman–Crippen MR) is 114 cm³/mol. The molecule has 1 aromatic carbocycles. The summed E-state index contributed by atoms with van der Waals surface area (Å²) in [5, 5.41) is 6.17. The van der Waals surface area contributed by atoms with E-state index in [9.17, 15) is 9.59 Å². The second-order valence-electron chi connectivity index (χ2n) is 7.85. The summed E-state index contributed by atoms with van der Waals surface area (Å²) in [5.41, 5.74) is 7.21. The van der Waals surface area contributed by atoms with Crippen LogP contribution in [-0.4, -0.2) is 48.1 Å². The average Bonchev–Trinajstić information content (AvgIpc) is 2.69. The standard InChI is InChI=1S/C21H32N4O2.ClH/c22-19(15-16-7-3-1-4-8-16)20(26)25-13-11-18(12-14-25)24-21(27)23-17-9-5-2-6-10-17;/h1,3-4,7-8,17-19H,2,5-6,9-15,22H2,(H2,23,24,27);1H/t19-;/m0./s1. The molecule has 3 rings (SSSR count). The van der Waals surface area contributed by atoms with Gasteiger partial charge in [0.1, 0.15) is 0 Å². The van der Waals surface area contributed by atoms with Crippen LogP contribution in [0.15, 0.2) is 30.3 Å². The van der Waals surface area contributed by atoms with Gasteiger partial charge in [0.05, 0.1) is 6.04 Å². The summed E-state index contributed by atoms with van der Waals surface area (Å²) >= 11 is 0. The Morgan fingerprint density at radius 2 is 1.54 bits per heavy atom. The summed E-state index contributed by atoms with van der Waals surface area (Å²) in [4.78, 5) is 26.6. The Bertz CT molecular complexity index is 614. The monoisotopic (exact) mass is 408 g/mol. The van der Waals surface area contributed by atoms with E-state index in [0.717, 1.165) is 31.2 Å². The van der Waals surface area contributed by atoms with E-state index in [1.54, 1.807) is 0 Å². The number of piperidine rings is 1. The van der Waals surface area contributed by atoms with E-state index in [2.05, 4.69) is 10.6 Å². The van der Waals surface area contributed by atoms with Gasteiger partial charge in [-0.2, -0.15) is 0 Å². The van der Waals surface area contributed by atoms with Crippen molar-refractivity contribution in [2.75, 3.05) is 13.1 Å². The number of nitrogens with one attached hydrogen (secondary N) is 2. The van der Waals surface area contributed by atoms with Gasteiger partial charge in [0, 0.05) is 25.2 Å². The number of likely N-dealkylation sites (tertiary alicyclic amines) is 1. The second-order valence-corrected chi connectivity index (χ2v) is 7.85. The van der Waals surface area contributed by atoms with E-state index in [0.29, 0.717) is 25.6 Å². The molecule has 1 aliphatic carbocycles. The smallest absolute Gasteiger partial charge is 0.315 e. The molecule has 28 heavy (non-hydrogen) atoms. The summed E-state index contributed by atoms with van der Waals surface area (Å²) < 4.78 is 0. The summed E-state index contributed by atoms with van der Waals surface area (Å²) in [6.07, 6.45) is 7.97. The fraction of sp³-hybridized carbons (Fsp3) is 0.619. The molecule has 0 bridgehead atoms. The minimum atomic E-state index is -0.508. The van der Waals surface area contributed by atoms with Crippen molar-refractivity contribution in [3.8, 4) is 0 Å². The van der Waals surface area contributed by atoms with Gasteiger partial charge in [-0.05, 0) is 37.7 Å². The Morgan fingerprint density at radius 1 is 0.964 bits per heavy atom. The molecule has 6 nitrogen and oxygen atoms in total. The number of carbonyl (C=O) groups is 2. The lowest BCUT2D eigenvalue weighted by Crippen LogP contribution is -2.53. The number of rotatable bonds is 5. The van der Waals surface area contributed by atoms with Gasteiger partial charge in [0.2, 0.25) is 5.91 Å². The van der Waals surface area contributed by atoms with Gasteiger partial charge in [-0.3, -0.25) is 4.79 Å². The van der Waals surface area contributed by atoms with Crippen LogP contribution >= 0.6 is 12.4 Å². The number of hydrogen-bond acceptors (Lipinski definition) is 3. The minimum Gasteiger partial charge on any atom is -0.341 e. The van der Waals surface area contributed by atoms with Crippen LogP contribution in [-0.2, 0) is 11.2 Å². The largest absolute Gasteiger partial charge is 0.341 e. The van der Waals surface area contributed by atoms with Crippen molar-refractivity contribution in [1.82, 2.24) is 15.5 Å². The zero-order valence-corrected chi connectivity index (χ0v) is 17.3. The van der Waals surface area contributed by atoms with Gasteiger partial charge in [-0.15, -0.1) is 12.4 Å². The van der Waals surface area contributed by atoms with Crippen molar-refractivity contribution < 1.29 is 9.59 Å². The summed E-state index contributed by atoms with van der Waals surface area (Å²) in [6, 6.07) is 9.74. The van der Waals surface area contributed by atoms with Crippen LogP contribution in [0, 0.1) is 0 Å². The third-order valence-electron chi connectivity index (χ3n) is 5.70. The molecule has 1 saturated carbocycles. The van der Waals surface area contributed by atoms with Crippen LogP contribution in [0.3, 0.4) is 0 Å². The van der Waals surface area contributed by atoms with Crippen molar-refractivity contribution >= 4 is 24.3 Å². The lowest BCUT2D eigenvalue weighted by molar-refractivity contribution is -0.133. The van der Waals surface area contributed by atoms with E-state index >= 15 is 0 Å². The number of nitrogens with zero attached hydrogens (tertiary/aromatic N) is 1. The molecule has 3 amide bonds. The number of nitrogens with two attached hydrogens (primary N) is 1. The van der Waals surface area contributed by atoms with E-state index in [4.69, 9.17) is 5.73 Å².